The standard InChI is InChI=1S/C19H21Cl2NO4S/c20-10-3-11(21)5-13(4-10)25-8-15-14-1-2-17(26-18(14)6-16(15)24)19-22-12(7-23)9-27-19/h3-5,9,14-18,23-24H,1-2,6-8H2/t14-,15-,16-,17-,18+/m1/s1. The van der Waals surface area contributed by atoms with E-state index in [4.69, 9.17) is 32.7 Å². The molecule has 2 aliphatic rings. The van der Waals surface area contributed by atoms with Gasteiger partial charge < -0.3 is 19.7 Å². The van der Waals surface area contributed by atoms with Crippen LogP contribution in [0.2, 0.25) is 10.0 Å². The Labute approximate surface area is 171 Å². The molecule has 1 aromatic heterocycles. The SMILES string of the molecule is OCc1csc([C@H]2CC[C@@H]3[C@@H](COc4cc(Cl)cc(Cl)c4)[C@H](O)C[C@@H]3O2)n1. The Balaban J connectivity index is 1.39. The van der Waals surface area contributed by atoms with Crippen LogP contribution in [0.15, 0.2) is 23.6 Å². The van der Waals surface area contributed by atoms with E-state index in [-0.39, 0.29) is 30.7 Å². The molecule has 2 aromatic rings. The molecule has 2 heterocycles. The lowest BCUT2D eigenvalue weighted by molar-refractivity contribution is -0.0812. The van der Waals surface area contributed by atoms with E-state index in [1.54, 1.807) is 18.2 Å². The van der Waals surface area contributed by atoms with Crippen molar-refractivity contribution in [3.8, 4) is 5.75 Å². The van der Waals surface area contributed by atoms with Gasteiger partial charge in [0.15, 0.2) is 0 Å². The van der Waals surface area contributed by atoms with Gasteiger partial charge in [0.1, 0.15) is 16.9 Å². The van der Waals surface area contributed by atoms with Crippen LogP contribution in [0.1, 0.15) is 36.1 Å². The minimum absolute atomic E-state index is 0.00299. The first kappa shape index (κ1) is 19.4. The van der Waals surface area contributed by atoms with E-state index in [1.807, 2.05) is 5.38 Å². The fourth-order valence-electron chi connectivity index (χ4n) is 4.09. The van der Waals surface area contributed by atoms with Crippen LogP contribution in [0.3, 0.4) is 0 Å². The third-order valence-electron chi connectivity index (χ3n) is 5.38. The predicted octanol–water partition coefficient (Wildman–Crippen LogP) is 4.24. The third kappa shape index (κ3) is 4.26. The lowest BCUT2D eigenvalue weighted by Gasteiger charge is -2.33. The zero-order chi connectivity index (χ0) is 19.0. The molecule has 146 valence electrons. The molecule has 0 amide bonds. The van der Waals surface area contributed by atoms with Crippen molar-refractivity contribution in [2.24, 2.45) is 11.8 Å². The second-order valence-electron chi connectivity index (χ2n) is 7.12. The average molecular weight is 430 g/mol. The largest absolute Gasteiger partial charge is 0.493 e. The van der Waals surface area contributed by atoms with Crippen LogP contribution < -0.4 is 4.74 Å². The van der Waals surface area contributed by atoms with Crippen LogP contribution in [0.4, 0.5) is 0 Å². The molecular weight excluding hydrogens is 409 g/mol. The highest BCUT2D eigenvalue weighted by Gasteiger charge is 2.47. The molecule has 2 fully saturated rings. The number of hydrogen-bond acceptors (Lipinski definition) is 6. The molecule has 1 saturated carbocycles. The maximum absolute atomic E-state index is 10.5. The van der Waals surface area contributed by atoms with Gasteiger partial charge in [-0.25, -0.2) is 4.98 Å². The molecule has 0 unspecified atom stereocenters. The molecule has 0 radical (unpaired) electrons. The van der Waals surface area contributed by atoms with Gasteiger partial charge in [-0.05, 0) is 37.0 Å². The van der Waals surface area contributed by atoms with E-state index in [9.17, 15) is 10.2 Å². The van der Waals surface area contributed by atoms with Crippen molar-refractivity contribution in [1.29, 1.82) is 0 Å². The molecule has 1 aliphatic carbocycles. The summed E-state index contributed by atoms with van der Waals surface area (Å²) in [6.07, 6.45) is 1.88. The van der Waals surface area contributed by atoms with E-state index >= 15 is 0 Å². The van der Waals surface area contributed by atoms with Gasteiger partial charge in [0, 0.05) is 27.8 Å². The number of fused-ring (bicyclic) bond motifs is 1. The first-order valence-electron chi connectivity index (χ1n) is 9.01. The van der Waals surface area contributed by atoms with Crippen molar-refractivity contribution in [2.75, 3.05) is 6.61 Å². The Morgan fingerprint density at radius 3 is 2.70 bits per heavy atom. The Morgan fingerprint density at radius 2 is 2.00 bits per heavy atom. The molecule has 5 nitrogen and oxygen atoms in total. The Kier molecular flexibility index (Phi) is 5.92. The molecule has 27 heavy (non-hydrogen) atoms. The van der Waals surface area contributed by atoms with Crippen LogP contribution in [0.5, 0.6) is 5.75 Å². The number of nitrogens with zero attached hydrogens (tertiary/aromatic N) is 1. The van der Waals surface area contributed by atoms with Crippen LogP contribution in [-0.2, 0) is 11.3 Å². The first-order chi connectivity index (χ1) is 13.0. The molecule has 1 aliphatic heterocycles. The number of aromatic nitrogens is 1. The summed E-state index contributed by atoms with van der Waals surface area (Å²) in [6.45, 7) is 0.347. The normalized spacial score (nSPS) is 30.3. The highest BCUT2D eigenvalue weighted by Crippen LogP contribution is 2.46. The zero-order valence-corrected chi connectivity index (χ0v) is 16.9. The number of benzene rings is 1. The highest BCUT2D eigenvalue weighted by atomic mass is 35.5. The molecule has 4 rings (SSSR count). The maximum atomic E-state index is 10.5. The lowest BCUT2D eigenvalue weighted by Crippen LogP contribution is -2.33. The highest BCUT2D eigenvalue weighted by molar-refractivity contribution is 7.09. The van der Waals surface area contributed by atoms with E-state index in [0.717, 1.165) is 17.8 Å². The summed E-state index contributed by atoms with van der Waals surface area (Å²) in [6, 6.07) is 5.11. The second kappa shape index (κ2) is 8.23. The predicted molar refractivity (Wildman–Crippen MR) is 104 cm³/mol. The molecule has 2 N–H and O–H groups in total. The monoisotopic (exact) mass is 429 g/mol. The summed E-state index contributed by atoms with van der Waals surface area (Å²) >= 11 is 13.6. The van der Waals surface area contributed by atoms with Crippen molar-refractivity contribution >= 4 is 34.5 Å². The van der Waals surface area contributed by atoms with Crippen LogP contribution in [0.25, 0.3) is 0 Å². The van der Waals surface area contributed by atoms with Gasteiger partial charge in [-0.15, -0.1) is 11.3 Å². The summed E-state index contributed by atoms with van der Waals surface area (Å²) in [4.78, 5) is 4.43. The van der Waals surface area contributed by atoms with Gasteiger partial charge in [-0.1, -0.05) is 23.2 Å². The number of halogens is 2. The van der Waals surface area contributed by atoms with E-state index in [2.05, 4.69) is 4.98 Å². The Morgan fingerprint density at radius 1 is 1.22 bits per heavy atom. The number of hydrogen-bond donors (Lipinski definition) is 2. The Bertz CT molecular complexity index is 782. The molecular formula is C19H21Cl2NO4S. The maximum Gasteiger partial charge on any atom is 0.122 e. The molecule has 0 bridgehead atoms. The fraction of sp³-hybridized carbons (Fsp3) is 0.526. The van der Waals surface area contributed by atoms with Gasteiger partial charge in [0.25, 0.3) is 0 Å². The second-order valence-corrected chi connectivity index (χ2v) is 8.89. The summed E-state index contributed by atoms with van der Waals surface area (Å²) < 4.78 is 12.1. The van der Waals surface area contributed by atoms with Gasteiger partial charge in [-0.2, -0.15) is 0 Å². The minimum Gasteiger partial charge on any atom is -0.493 e. The number of ether oxygens (including phenoxy) is 2. The minimum atomic E-state index is -0.460. The van der Waals surface area contributed by atoms with Crippen molar-refractivity contribution < 1.29 is 19.7 Å². The topological polar surface area (TPSA) is 71.8 Å². The van der Waals surface area contributed by atoms with Crippen molar-refractivity contribution in [1.82, 2.24) is 4.98 Å². The lowest BCUT2D eigenvalue weighted by atomic mass is 9.87. The Hall–Kier alpha value is -0.890. The number of aliphatic hydroxyl groups excluding tert-OH is 2. The molecule has 1 saturated heterocycles. The summed E-state index contributed by atoms with van der Waals surface area (Å²) in [7, 11) is 0. The van der Waals surface area contributed by atoms with Gasteiger partial charge in [0.05, 0.1) is 31.1 Å². The van der Waals surface area contributed by atoms with Gasteiger partial charge in [0.2, 0.25) is 0 Å². The van der Waals surface area contributed by atoms with Crippen LogP contribution in [0, 0.1) is 11.8 Å². The number of rotatable bonds is 5. The van der Waals surface area contributed by atoms with Crippen molar-refractivity contribution in [3.63, 3.8) is 0 Å². The van der Waals surface area contributed by atoms with Crippen LogP contribution >= 0.6 is 34.5 Å². The number of aliphatic hydroxyl groups is 2. The first-order valence-corrected chi connectivity index (χ1v) is 10.6. The van der Waals surface area contributed by atoms with Crippen molar-refractivity contribution in [2.45, 2.75) is 44.2 Å². The van der Waals surface area contributed by atoms with E-state index in [1.165, 1.54) is 11.3 Å². The molecule has 1 aromatic carbocycles. The van der Waals surface area contributed by atoms with E-state index in [0.29, 0.717) is 34.5 Å². The molecule has 0 spiro atoms. The van der Waals surface area contributed by atoms with Gasteiger partial charge in [-0.3, -0.25) is 0 Å². The smallest absolute Gasteiger partial charge is 0.122 e. The van der Waals surface area contributed by atoms with Crippen molar-refractivity contribution in [3.05, 3.63) is 44.3 Å². The average Bonchev–Trinajstić information content (AvgIpc) is 3.22. The zero-order valence-electron chi connectivity index (χ0n) is 14.6. The summed E-state index contributed by atoms with van der Waals surface area (Å²) in [5.74, 6) is 0.873. The van der Waals surface area contributed by atoms with Gasteiger partial charge >= 0.3 is 0 Å². The molecule has 5 atom stereocenters. The quantitative estimate of drug-likeness (QED) is 0.743. The fourth-order valence-corrected chi connectivity index (χ4v) is 5.48. The van der Waals surface area contributed by atoms with Crippen LogP contribution in [-0.4, -0.2) is 34.0 Å². The van der Waals surface area contributed by atoms with E-state index < -0.39 is 6.10 Å². The summed E-state index contributed by atoms with van der Waals surface area (Å²) in [5.41, 5.74) is 0.679. The third-order valence-corrected chi connectivity index (χ3v) is 6.80. The molecule has 8 heteroatoms. The number of thiazole rings is 1. The summed E-state index contributed by atoms with van der Waals surface area (Å²) in [5, 5.41) is 23.6.